The SMILES string of the molecule is Fc1c(F)c(F)c(-c2c(OB(Oc3[nH]c4ccccc4c3-c3c(F)c(F)c(F)c(F)c3F)Oc3[nH]c4ccccc4c3-c3c(F)c(F)c(F)c(F)c3F)[nH]c3ccccc23)c(F)c1F. The number of para-hydroxylation sites is 3. The van der Waals surface area contributed by atoms with E-state index < -0.39 is 146 Å². The van der Waals surface area contributed by atoms with Gasteiger partial charge < -0.3 is 28.9 Å². The van der Waals surface area contributed by atoms with Crippen LogP contribution in [0.15, 0.2) is 72.8 Å². The first kappa shape index (κ1) is 41.7. The van der Waals surface area contributed by atoms with Crippen LogP contribution in [0.1, 0.15) is 0 Å². The summed E-state index contributed by atoms with van der Waals surface area (Å²) in [5.41, 5.74) is -8.06. The number of hydrogen-bond acceptors (Lipinski definition) is 3. The van der Waals surface area contributed by atoms with Crippen molar-refractivity contribution >= 4 is 40.0 Å². The van der Waals surface area contributed by atoms with Crippen molar-refractivity contribution in [3.63, 3.8) is 0 Å². The molecule has 6 aromatic carbocycles. The average Bonchev–Trinajstić information content (AvgIpc) is 3.96. The molecule has 3 N–H and O–H groups in total. The Balaban J connectivity index is 1.31. The molecular formula is C42H15BF15N3O3. The normalized spacial score (nSPS) is 11.7. The molecule has 0 saturated carbocycles. The summed E-state index contributed by atoms with van der Waals surface area (Å²) in [4.78, 5) is 7.50. The lowest BCUT2D eigenvalue weighted by molar-refractivity contribution is 0.296. The third-order valence-corrected chi connectivity index (χ3v) is 10.0. The molecule has 0 amide bonds. The van der Waals surface area contributed by atoms with Crippen molar-refractivity contribution in [1.82, 2.24) is 15.0 Å². The number of fused-ring (bicyclic) bond motifs is 3. The van der Waals surface area contributed by atoms with Crippen LogP contribution in [0.4, 0.5) is 65.9 Å². The summed E-state index contributed by atoms with van der Waals surface area (Å²) in [6.07, 6.45) is 0. The van der Waals surface area contributed by atoms with Crippen molar-refractivity contribution in [2.75, 3.05) is 0 Å². The van der Waals surface area contributed by atoms with Crippen molar-refractivity contribution in [2.24, 2.45) is 0 Å². The summed E-state index contributed by atoms with van der Waals surface area (Å²) in [5.74, 6) is -39.5. The number of aromatic amines is 3. The van der Waals surface area contributed by atoms with Gasteiger partial charge in [0.15, 0.2) is 87.4 Å². The fourth-order valence-electron chi connectivity index (χ4n) is 7.20. The van der Waals surface area contributed by atoms with E-state index in [1.54, 1.807) is 0 Å². The van der Waals surface area contributed by atoms with Gasteiger partial charge in [0.25, 0.3) is 0 Å². The number of benzene rings is 6. The second-order valence-electron chi connectivity index (χ2n) is 13.6. The Morgan fingerprint density at radius 1 is 0.266 bits per heavy atom. The summed E-state index contributed by atoms with van der Waals surface area (Å²) in [5, 5.41) is -0.917. The van der Waals surface area contributed by atoms with E-state index in [0.717, 1.165) is 18.2 Å². The first-order valence-corrected chi connectivity index (χ1v) is 17.9. The highest BCUT2D eigenvalue weighted by molar-refractivity contribution is 6.40. The van der Waals surface area contributed by atoms with Gasteiger partial charge in [0.1, 0.15) is 0 Å². The van der Waals surface area contributed by atoms with E-state index >= 15 is 26.3 Å². The Labute approximate surface area is 345 Å². The van der Waals surface area contributed by atoms with Gasteiger partial charge in [-0.05, 0) is 18.2 Å². The lowest BCUT2D eigenvalue weighted by Gasteiger charge is -2.18. The Hall–Kier alpha value is -7.65. The quantitative estimate of drug-likeness (QED) is 0.0585. The van der Waals surface area contributed by atoms with E-state index in [9.17, 15) is 39.5 Å². The first-order valence-electron chi connectivity index (χ1n) is 17.9. The van der Waals surface area contributed by atoms with Crippen LogP contribution in [0.3, 0.4) is 0 Å². The molecule has 0 aliphatic carbocycles. The first-order chi connectivity index (χ1) is 30.5. The molecule has 0 unspecified atom stereocenters. The minimum absolute atomic E-state index is 0.143. The van der Waals surface area contributed by atoms with Gasteiger partial charge in [0.2, 0.25) is 17.5 Å². The highest BCUT2D eigenvalue weighted by atomic mass is 19.2. The number of rotatable bonds is 9. The van der Waals surface area contributed by atoms with Gasteiger partial charge >= 0.3 is 7.32 Å². The maximum Gasteiger partial charge on any atom is 0.867 e. The minimum Gasteiger partial charge on any atom is -0.475 e. The summed E-state index contributed by atoms with van der Waals surface area (Å²) in [7, 11) is -2.80. The van der Waals surface area contributed by atoms with Crippen molar-refractivity contribution in [2.45, 2.75) is 0 Å². The largest absolute Gasteiger partial charge is 0.867 e. The topological polar surface area (TPSA) is 75.1 Å². The summed E-state index contributed by atoms with van der Waals surface area (Å²) >= 11 is 0. The second kappa shape index (κ2) is 15.3. The van der Waals surface area contributed by atoms with E-state index in [4.69, 9.17) is 14.0 Å². The molecule has 0 saturated heterocycles. The molecule has 3 heterocycles. The lowest BCUT2D eigenvalue weighted by Crippen LogP contribution is -2.38. The zero-order valence-corrected chi connectivity index (χ0v) is 30.9. The predicted molar refractivity (Wildman–Crippen MR) is 198 cm³/mol. The molecule has 0 radical (unpaired) electrons. The van der Waals surface area contributed by atoms with Gasteiger partial charge in [0.05, 0.1) is 33.4 Å². The fraction of sp³-hybridized carbons (Fsp3) is 0. The van der Waals surface area contributed by atoms with Crippen LogP contribution in [0.25, 0.3) is 66.1 Å². The predicted octanol–water partition coefficient (Wildman–Crippen LogP) is 12.7. The molecule has 9 rings (SSSR count). The molecule has 64 heavy (non-hydrogen) atoms. The van der Waals surface area contributed by atoms with Crippen LogP contribution in [0, 0.1) is 87.3 Å². The van der Waals surface area contributed by atoms with Gasteiger partial charge in [-0.1, -0.05) is 54.6 Å². The van der Waals surface area contributed by atoms with E-state index in [2.05, 4.69) is 15.0 Å². The number of aromatic nitrogens is 3. The molecule has 0 aliphatic heterocycles. The second-order valence-corrected chi connectivity index (χ2v) is 13.6. The molecule has 324 valence electrons. The van der Waals surface area contributed by atoms with E-state index in [1.165, 1.54) is 54.6 Å². The molecule has 22 heteroatoms. The van der Waals surface area contributed by atoms with Crippen molar-refractivity contribution in [1.29, 1.82) is 0 Å². The van der Waals surface area contributed by atoms with Gasteiger partial charge in [-0.15, -0.1) is 0 Å². The summed E-state index contributed by atoms with van der Waals surface area (Å²) in [6.45, 7) is 0. The monoisotopic (exact) mass is 905 g/mol. The van der Waals surface area contributed by atoms with Crippen LogP contribution in [-0.2, 0) is 0 Å². The third kappa shape index (κ3) is 6.25. The van der Waals surface area contributed by atoms with Crippen LogP contribution in [0.2, 0.25) is 0 Å². The van der Waals surface area contributed by atoms with Crippen LogP contribution in [0.5, 0.6) is 17.6 Å². The Kier molecular flexibility index (Phi) is 9.97. The zero-order chi connectivity index (χ0) is 45.6. The number of nitrogens with one attached hydrogen (secondary N) is 3. The van der Waals surface area contributed by atoms with Gasteiger partial charge in [-0.25, -0.2) is 65.9 Å². The van der Waals surface area contributed by atoms with Gasteiger partial charge in [0, 0.05) is 32.7 Å². The van der Waals surface area contributed by atoms with Crippen LogP contribution >= 0.6 is 0 Å². The van der Waals surface area contributed by atoms with Gasteiger partial charge in [-0.3, -0.25) is 0 Å². The van der Waals surface area contributed by atoms with E-state index in [0.29, 0.717) is 0 Å². The molecule has 3 aromatic heterocycles. The third-order valence-electron chi connectivity index (χ3n) is 10.0. The molecule has 0 atom stereocenters. The molecule has 0 fully saturated rings. The van der Waals surface area contributed by atoms with Crippen LogP contribution < -0.4 is 14.0 Å². The van der Waals surface area contributed by atoms with Crippen molar-refractivity contribution in [3.05, 3.63) is 160 Å². The zero-order valence-electron chi connectivity index (χ0n) is 30.9. The van der Waals surface area contributed by atoms with Crippen molar-refractivity contribution in [3.8, 4) is 51.0 Å². The minimum atomic E-state index is -2.80. The number of halogens is 15. The molecule has 0 aliphatic rings. The maximum atomic E-state index is 15.6. The van der Waals surface area contributed by atoms with E-state index in [1.807, 2.05) is 0 Å². The average molecular weight is 905 g/mol. The lowest BCUT2D eigenvalue weighted by atomic mass is 10.0. The molecule has 6 nitrogen and oxygen atoms in total. The Morgan fingerprint density at radius 2 is 0.469 bits per heavy atom. The summed E-state index contributed by atoms with van der Waals surface area (Å²) in [6, 6.07) is 14.9. The highest BCUT2D eigenvalue weighted by Gasteiger charge is 2.41. The standard InChI is InChI=1S/C42H15BF15N3O3/c44-25-22(26(45)32(51)37(56)31(25)50)19-13-7-1-4-10-16(13)59-40(19)62-43(63-41-20(14-8-2-5-11-17(14)60-41)23-27(46)33(52)38(57)34(53)28(23)47)64-42-21(15-9-3-6-12-18(15)61-42)24-29(48)35(54)39(58)36(55)30(24)49/h1-12,59-61H. The summed E-state index contributed by atoms with van der Waals surface area (Å²) < 4.78 is 242. The number of hydrogen-bond donors (Lipinski definition) is 3. The maximum absolute atomic E-state index is 15.6. The Morgan fingerprint density at radius 3 is 0.703 bits per heavy atom. The number of H-pyrrole nitrogens is 3. The van der Waals surface area contributed by atoms with Crippen LogP contribution in [-0.4, -0.2) is 22.3 Å². The molecular weight excluding hydrogens is 890 g/mol. The fourth-order valence-corrected chi connectivity index (χ4v) is 7.20. The van der Waals surface area contributed by atoms with E-state index in [-0.39, 0.29) is 32.7 Å². The highest BCUT2D eigenvalue weighted by Crippen LogP contribution is 2.46. The van der Waals surface area contributed by atoms with Crippen molar-refractivity contribution < 1.29 is 79.8 Å². The van der Waals surface area contributed by atoms with Gasteiger partial charge in [-0.2, -0.15) is 0 Å². The Bertz CT molecular complexity index is 2980. The smallest absolute Gasteiger partial charge is 0.475 e. The molecule has 0 bridgehead atoms. The molecule has 9 aromatic rings. The molecule has 0 spiro atoms.